The predicted molar refractivity (Wildman–Crippen MR) is 47.0 cm³/mol. The summed E-state index contributed by atoms with van der Waals surface area (Å²) in [6, 6.07) is 8.20. The zero-order valence-corrected chi connectivity index (χ0v) is 6.75. The maximum atomic E-state index is 5.69. The molecule has 2 heterocycles. The highest BCUT2D eigenvalue weighted by Gasteiger charge is 1.92. The van der Waals surface area contributed by atoms with Crippen molar-refractivity contribution in [3.8, 4) is 0 Å². The smallest absolute Gasteiger partial charge is 0.0475 e. The van der Waals surface area contributed by atoms with E-state index in [1.54, 1.807) is 0 Å². The van der Waals surface area contributed by atoms with Crippen LogP contribution in [-0.4, -0.2) is 4.40 Å². The van der Waals surface area contributed by atoms with Crippen LogP contribution in [0.2, 0.25) is 0 Å². The molecule has 0 aliphatic heterocycles. The molecule has 1 nitrogen and oxygen atoms in total. The molecule has 0 aromatic carbocycles. The minimum atomic E-state index is 0.585. The van der Waals surface area contributed by atoms with Crippen LogP contribution in [0.1, 0.15) is 5.56 Å². The molecule has 0 atom stereocenters. The Morgan fingerprint density at radius 3 is 3.00 bits per heavy atom. The molecule has 0 spiro atoms. The minimum absolute atomic E-state index is 0.585. The van der Waals surface area contributed by atoms with Crippen LogP contribution in [0.4, 0.5) is 0 Å². The summed E-state index contributed by atoms with van der Waals surface area (Å²) in [5.74, 6) is 0.585. The van der Waals surface area contributed by atoms with Gasteiger partial charge in [-0.2, -0.15) is 0 Å². The lowest BCUT2D eigenvalue weighted by Crippen LogP contribution is -1.83. The molecule has 0 aliphatic carbocycles. The van der Waals surface area contributed by atoms with Crippen LogP contribution >= 0.6 is 11.6 Å². The summed E-state index contributed by atoms with van der Waals surface area (Å²) in [7, 11) is 0. The van der Waals surface area contributed by atoms with Gasteiger partial charge in [0.15, 0.2) is 0 Å². The van der Waals surface area contributed by atoms with Gasteiger partial charge in [0.2, 0.25) is 0 Å². The second-order valence-corrected chi connectivity index (χ2v) is 2.78. The van der Waals surface area contributed by atoms with Crippen molar-refractivity contribution in [2.45, 2.75) is 5.88 Å². The van der Waals surface area contributed by atoms with Gasteiger partial charge in [-0.1, -0.05) is 0 Å². The Hall–Kier alpha value is -0.950. The number of hydrogen-bond acceptors (Lipinski definition) is 0. The van der Waals surface area contributed by atoms with E-state index in [0.29, 0.717) is 5.88 Å². The quantitative estimate of drug-likeness (QED) is 0.573. The number of halogens is 1. The Balaban J connectivity index is 2.67. The second-order valence-electron chi connectivity index (χ2n) is 2.51. The number of hydrogen-bond donors (Lipinski definition) is 0. The van der Waals surface area contributed by atoms with Gasteiger partial charge in [-0.05, 0) is 29.8 Å². The lowest BCUT2D eigenvalue weighted by molar-refractivity contribution is 1.18. The van der Waals surface area contributed by atoms with Crippen molar-refractivity contribution >= 4 is 17.1 Å². The van der Waals surface area contributed by atoms with Gasteiger partial charge in [-0.25, -0.2) is 0 Å². The van der Waals surface area contributed by atoms with E-state index in [1.807, 2.05) is 24.5 Å². The van der Waals surface area contributed by atoms with Crippen molar-refractivity contribution < 1.29 is 0 Å². The van der Waals surface area contributed by atoms with Crippen molar-refractivity contribution in [1.29, 1.82) is 0 Å². The van der Waals surface area contributed by atoms with E-state index >= 15 is 0 Å². The van der Waals surface area contributed by atoms with Crippen LogP contribution < -0.4 is 0 Å². The molecule has 0 unspecified atom stereocenters. The number of fused-ring (bicyclic) bond motifs is 1. The average Bonchev–Trinajstić information content (AvgIpc) is 2.50. The van der Waals surface area contributed by atoms with Crippen molar-refractivity contribution in [1.82, 2.24) is 4.40 Å². The van der Waals surface area contributed by atoms with Crippen molar-refractivity contribution in [3.05, 3.63) is 42.2 Å². The number of rotatable bonds is 1. The normalized spacial score (nSPS) is 10.6. The molecule has 0 saturated carbocycles. The van der Waals surface area contributed by atoms with Gasteiger partial charge in [0.25, 0.3) is 0 Å². The summed E-state index contributed by atoms with van der Waals surface area (Å²) < 4.78 is 2.07. The topological polar surface area (TPSA) is 4.41 Å². The van der Waals surface area contributed by atoms with Crippen LogP contribution in [0.3, 0.4) is 0 Å². The van der Waals surface area contributed by atoms with E-state index in [-0.39, 0.29) is 0 Å². The largest absolute Gasteiger partial charge is 0.324 e. The second kappa shape index (κ2) is 2.59. The first kappa shape index (κ1) is 6.74. The summed E-state index contributed by atoms with van der Waals surface area (Å²) in [5, 5.41) is 0. The third kappa shape index (κ3) is 1.12. The number of pyridine rings is 1. The summed E-state index contributed by atoms with van der Waals surface area (Å²) in [4.78, 5) is 0. The third-order valence-corrected chi connectivity index (χ3v) is 2.06. The van der Waals surface area contributed by atoms with E-state index in [0.717, 1.165) is 5.56 Å². The highest BCUT2D eigenvalue weighted by molar-refractivity contribution is 6.17. The van der Waals surface area contributed by atoms with Crippen molar-refractivity contribution in [2.75, 3.05) is 0 Å². The summed E-state index contributed by atoms with van der Waals surface area (Å²) in [6.07, 6.45) is 4.04. The number of alkyl halides is 1. The SMILES string of the molecule is ClCc1ccn2cccc2c1. The minimum Gasteiger partial charge on any atom is -0.324 e. The lowest BCUT2D eigenvalue weighted by atomic mass is 10.3. The molecule has 2 rings (SSSR count). The van der Waals surface area contributed by atoms with E-state index in [1.165, 1.54) is 5.52 Å². The number of nitrogens with zero attached hydrogens (tertiary/aromatic N) is 1. The van der Waals surface area contributed by atoms with E-state index in [2.05, 4.69) is 16.5 Å². The van der Waals surface area contributed by atoms with Crippen LogP contribution in [0.25, 0.3) is 5.52 Å². The number of aromatic nitrogens is 1. The third-order valence-electron chi connectivity index (χ3n) is 1.75. The molecule has 0 fully saturated rings. The average molecular weight is 166 g/mol. The molecular weight excluding hydrogens is 158 g/mol. The Morgan fingerprint density at radius 2 is 2.18 bits per heavy atom. The Bertz CT molecular complexity index is 364. The van der Waals surface area contributed by atoms with Gasteiger partial charge in [0.05, 0.1) is 0 Å². The Labute approximate surface area is 70.2 Å². The maximum absolute atomic E-state index is 5.69. The molecule has 11 heavy (non-hydrogen) atoms. The first-order valence-corrected chi connectivity index (χ1v) is 4.05. The van der Waals surface area contributed by atoms with Gasteiger partial charge < -0.3 is 4.40 Å². The van der Waals surface area contributed by atoms with Gasteiger partial charge in [0, 0.05) is 23.8 Å². The lowest BCUT2D eigenvalue weighted by Gasteiger charge is -1.96. The standard InChI is InChI=1S/C9H8ClN/c10-7-8-3-5-11-4-1-2-9(11)6-8/h1-6H,7H2. The van der Waals surface area contributed by atoms with Gasteiger partial charge in [-0.3, -0.25) is 0 Å². The fourth-order valence-corrected chi connectivity index (χ4v) is 1.33. The van der Waals surface area contributed by atoms with Crippen LogP contribution in [0.5, 0.6) is 0 Å². The zero-order valence-electron chi connectivity index (χ0n) is 6.00. The molecule has 0 radical (unpaired) electrons. The monoisotopic (exact) mass is 165 g/mol. The highest BCUT2D eigenvalue weighted by Crippen LogP contribution is 2.09. The van der Waals surface area contributed by atoms with Crippen LogP contribution in [0.15, 0.2) is 36.7 Å². The molecule has 2 aromatic rings. The first-order valence-electron chi connectivity index (χ1n) is 3.52. The zero-order chi connectivity index (χ0) is 7.68. The molecule has 0 N–H and O–H groups in total. The molecule has 2 aromatic heterocycles. The molecule has 0 bridgehead atoms. The van der Waals surface area contributed by atoms with Gasteiger partial charge in [-0.15, -0.1) is 11.6 Å². The van der Waals surface area contributed by atoms with Crippen LogP contribution in [-0.2, 0) is 5.88 Å². The molecule has 56 valence electrons. The van der Waals surface area contributed by atoms with Crippen molar-refractivity contribution in [3.63, 3.8) is 0 Å². The van der Waals surface area contributed by atoms with E-state index in [9.17, 15) is 0 Å². The molecule has 2 heteroatoms. The highest BCUT2D eigenvalue weighted by atomic mass is 35.5. The molecule has 0 amide bonds. The molecule has 0 saturated heterocycles. The first-order chi connectivity index (χ1) is 5.40. The van der Waals surface area contributed by atoms with Crippen LogP contribution in [0, 0.1) is 0 Å². The Morgan fingerprint density at radius 1 is 1.27 bits per heavy atom. The fraction of sp³-hybridized carbons (Fsp3) is 0.111. The molecular formula is C9H8ClN. The Kier molecular flexibility index (Phi) is 1.59. The maximum Gasteiger partial charge on any atom is 0.0475 e. The summed E-state index contributed by atoms with van der Waals surface area (Å²) >= 11 is 5.69. The molecule has 0 aliphatic rings. The van der Waals surface area contributed by atoms with E-state index in [4.69, 9.17) is 11.6 Å². The van der Waals surface area contributed by atoms with Crippen molar-refractivity contribution in [2.24, 2.45) is 0 Å². The van der Waals surface area contributed by atoms with Gasteiger partial charge >= 0.3 is 0 Å². The predicted octanol–water partition coefficient (Wildman–Crippen LogP) is 2.68. The fourth-order valence-electron chi connectivity index (χ4n) is 1.16. The van der Waals surface area contributed by atoms with Gasteiger partial charge in [0.1, 0.15) is 0 Å². The summed E-state index contributed by atoms with van der Waals surface area (Å²) in [6.45, 7) is 0. The summed E-state index contributed by atoms with van der Waals surface area (Å²) in [5.41, 5.74) is 2.36. The van der Waals surface area contributed by atoms with E-state index < -0.39 is 0 Å².